The fourth-order valence-electron chi connectivity index (χ4n) is 3.70. The Morgan fingerprint density at radius 2 is 1.67 bits per heavy atom. The molecule has 39 heavy (non-hydrogen) atoms. The third kappa shape index (κ3) is 11.0. The van der Waals surface area contributed by atoms with Gasteiger partial charge in [0.15, 0.2) is 0 Å². The molecule has 1 atom stereocenters. The van der Waals surface area contributed by atoms with Gasteiger partial charge in [-0.2, -0.15) is 26.3 Å². The lowest BCUT2D eigenvalue weighted by Gasteiger charge is -2.43. The van der Waals surface area contributed by atoms with Gasteiger partial charge in [-0.05, 0) is 31.2 Å². The van der Waals surface area contributed by atoms with Crippen molar-refractivity contribution in [2.45, 2.75) is 31.4 Å². The molecule has 0 radical (unpaired) electrons. The summed E-state index contributed by atoms with van der Waals surface area (Å²) in [6.45, 7) is 8.91. The molecule has 4 heterocycles. The molecule has 2 aromatic rings. The van der Waals surface area contributed by atoms with Crippen molar-refractivity contribution in [2.24, 2.45) is 0 Å². The van der Waals surface area contributed by atoms with Gasteiger partial charge in [0.25, 0.3) is 0 Å². The Bertz CT molecular complexity index is 1040. The Labute approximate surface area is 223 Å². The van der Waals surface area contributed by atoms with Crippen LogP contribution in [0.3, 0.4) is 0 Å². The molecule has 2 aromatic heterocycles. The smallest absolute Gasteiger partial charge is 0.475 e. The third-order valence-corrected chi connectivity index (χ3v) is 6.33. The topological polar surface area (TPSA) is 112 Å². The normalized spacial score (nSPS) is 20.2. The van der Waals surface area contributed by atoms with Gasteiger partial charge in [-0.25, -0.2) is 9.59 Å². The molecule has 0 saturated carbocycles. The minimum absolute atomic E-state index is 0.267. The van der Waals surface area contributed by atoms with E-state index in [0.29, 0.717) is 6.61 Å². The number of carbonyl (C=O) groups is 2. The summed E-state index contributed by atoms with van der Waals surface area (Å²) >= 11 is 1.89. The van der Waals surface area contributed by atoms with Gasteiger partial charge >= 0.3 is 24.3 Å². The maximum absolute atomic E-state index is 10.6. The van der Waals surface area contributed by atoms with E-state index in [4.69, 9.17) is 29.3 Å². The van der Waals surface area contributed by atoms with Crippen molar-refractivity contribution in [3.8, 4) is 0 Å². The van der Waals surface area contributed by atoms with Crippen LogP contribution in [0.5, 0.6) is 0 Å². The van der Waals surface area contributed by atoms with E-state index >= 15 is 0 Å². The number of alkyl halides is 6. The lowest BCUT2D eigenvalue weighted by atomic mass is 10.0. The molecule has 1 unspecified atom stereocenters. The molecule has 4 rings (SSSR count). The number of aliphatic carboxylic acids is 2. The van der Waals surface area contributed by atoms with Crippen molar-refractivity contribution < 1.29 is 55.6 Å². The van der Waals surface area contributed by atoms with Crippen molar-refractivity contribution in [1.82, 2.24) is 9.88 Å². The van der Waals surface area contributed by atoms with Crippen LogP contribution >= 0.6 is 11.3 Å². The van der Waals surface area contributed by atoms with E-state index < -0.39 is 24.3 Å². The summed E-state index contributed by atoms with van der Waals surface area (Å²) in [5.74, 6) is -5.51. The van der Waals surface area contributed by atoms with Crippen LogP contribution in [-0.4, -0.2) is 96.0 Å². The first-order valence-corrected chi connectivity index (χ1v) is 12.2. The van der Waals surface area contributed by atoms with Crippen molar-refractivity contribution in [2.75, 3.05) is 50.9 Å². The van der Waals surface area contributed by atoms with Crippen molar-refractivity contribution in [1.29, 1.82) is 0 Å². The first-order chi connectivity index (χ1) is 18.1. The highest BCUT2D eigenvalue weighted by molar-refractivity contribution is 7.11. The monoisotopic (exact) mass is 587 g/mol. The number of hydrogen-bond donors (Lipinski definition) is 2. The maximum atomic E-state index is 10.6. The Hall–Kier alpha value is -2.95. The zero-order valence-corrected chi connectivity index (χ0v) is 21.5. The van der Waals surface area contributed by atoms with Crippen LogP contribution in [0, 0.1) is 6.92 Å². The molecule has 218 valence electrons. The molecule has 2 aliphatic rings. The van der Waals surface area contributed by atoms with E-state index in [1.807, 2.05) is 29.8 Å². The van der Waals surface area contributed by atoms with Gasteiger partial charge < -0.3 is 24.6 Å². The van der Waals surface area contributed by atoms with Gasteiger partial charge in [-0.15, -0.1) is 11.3 Å². The molecule has 0 bridgehead atoms. The second-order valence-corrected chi connectivity index (χ2v) is 9.92. The van der Waals surface area contributed by atoms with Crippen molar-refractivity contribution >= 4 is 29.0 Å². The number of morpholine rings is 1. The number of nitrogens with zero attached hydrogens (tertiary/aromatic N) is 3. The fourth-order valence-corrected chi connectivity index (χ4v) is 4.63. The zero-order valence-electron chi connectivity index (χ0n) is 20.7. The van der Waals surface area contributed by atoms with E-state index in [1.54, 1.807) is 0 Å². The molecule has 1 spiro atoms. The number of carboxylic acid groups (broad SMARTS) is 2. The minimum Gasteiger partial charge on any atom is -0.475 e. The highest BCUT2D eigenvalue weighted by atomic mass is 32.1. The quantitative estimate of drug-likeness (QED) is 0.518. The van der Waals surface area contributed by atoms with Gasteiger partial charge in [0.05, 0.1) is 38.2 Å². The SMILES string of the molecule is Cc1ccc(CN2CCOC3(COCCN(c4cccnc4)C3)C2)s1.O=C(O)C(F)(F)F.O=C(O)C(F)(F)F. The molecular formula is C23H27F6N3O6S. The molecule has 2 aliphatic heterocycles. The average molecular weight is 588 g/mol. The fraction of sp³-hybridized carbons (Fsp3) is 0.522. The Kier molecular flexibility index (Phi) is 11.5. The van der Waals surface area contributed by atoms with Gasteiger partial charge in [-0.3, -0.25) is 9.88 Å². The number of rotatable bonds is 3. The maximum Gasteiger partial charge on any atom is 0.490 e. The second-order valence-electron chi connectivity index (χ2n) is 8.55. The van der Waals surface area contributed by atoms with E-state index in [-0.39, 0.29) is 5.60 Å². The van der Waals surface area contributed by atoms with Gasteiger partial charge in [0.1, 0.15) is 5.60 Å². The Balaban J connectivity index is 0.000000317. The first kappa shape index (κ1) is 32.3. The van der Waals surface area contributed by atoms with Crippen LogP contribution in [0.25, 0.3) is 0 Å². The lowest BCUT2D eigenvalue weighted by molar-refractivity contribution is -0.193. The van der Waals surface area contributed by atoms with Gasteiger partial charge in [-0.1, -0.05) is 0 Å². The summed E-state index contributed by atoms with van der Waals surface area (Å²) in [5, 5.41) is 14.2. The molecule has 0 aliphatic carbocycles. The minimum atomic E-state index is -5.08. The summed E-state index contributed by atoms with van der Waals surface area (Å²) in [7, 11) is 0. The highest BCUT2D eigenvalue weighted by Gasteiger charge is 2.41. The molecule has 0 amide bonds. The average Bonchev–Trinajstić information content (AvgIpc) is 3.14. The number of carboxylic acids is 2. The first-order valence-electron chi connectivity index (χ1n) is 11.4. The van der Waals surface area contributed by atoms with E-state index in [2.05, 4.69) is 39.9 Å². The van der Waals surface area contributed by atoms with Crippen molar-refractivity contribution in [3.63, 3.8) is 0 Å². The summed E-state index contributed by atoms with van der Waals surface area (Å²) in [5.41, 5.74) is 0.874. The number of thiophene rings is 1. The van der Waals surface area contributed by atoms with Crippen LogP contribution < -0.4 is 4.90 Å². The summed E-state index contributed by atoms with van der Waals surface area (Å²) in [6.07, 6.45) is -6.43. The van der Waals surface area contributed by atoms with Crippen LogP contribution in [0.15, 0.2) is 36.7 Å². The predicted molar refractivity (Wildman–Crippen MR) is 128 cm³/mol. The number of aromatic nitrogens is 1. The lowest BCUT2D eigenvalue weighted by Crippen LogP contribution is -2.58. The molecule has 9 nitrogen and oxygen atoms in total. The van der Waals surface area contributed by atoms with Gasteiger partial charge in [0, 0.05) is 42.1 Å². The summed E-state index contributed by atoms with van der Waals surface area (Å²) in [6, 6.07) is 8.55. The molecule has 0 aromatic carbocycles. The number of hydrogen-bond acceptors (Lipinski definition) is 8. The summed E-state index contributed by atoms with van der Waals surface area (Å²) < 4.78 is 75.7. The highest BCUT2D eigenvalue weighted by Crippen LogP contribution is 2.27. The number of ether oxygens (including phenoxy) is 2. The van der Waals surface area contributed by atoms with Crippen LogP contribution in [0.2, 0.25) is 0 Å². The number of halogens is 6. The standard InChI is InChI=1S/C19H25N3O2S.2C2HF3O2/c1-16-4-5-18(25-16)12-21-7-10-24-19(13-21)14-22(8-9-23-15-19)17-3-2-6-20-11-17;2*3-2(4,5)1(6)7/h2-6,11H,7-10,12-15H2,1H3;2*(H,6,7). The van der Waals surface area contributed by atoms with E-state index in [0.717, 1.165) is 51.6 Å². The third-order valence-electron chi connectivity index (χ3n) is 5.35. The molecule has 2 fully saturated rings. The molecular weight excluding hydrogens is 560 g/mol. The number of anilines is 1. The van der Waals surface area contributed by atoms with Crippen LogP contribution in [-0.2, 0) is 25.6 Å². The zero-order chi connectivity index (χ0) is 29.3. The summed E-state index contributed by atoms with van der Waals surface area (Å²) in [4.78, 5) is 29.7. The Morgan fingerprint density at radius 1 is 1.03 bits per heavy atom. The second kappa shape index (κ2) is 13.9. The van der Waals surface area contributed by atoms with Crippen LogP contribution in [0.1, 0.15) is 9.75 Å². The molecule has 2 N–H and O–H groups in total. The van der Waals surface area contributed by atoms with Gasteiger partial charge in [0.2, 0.25) is 0 Å². The number of aryl methyl sites for hydroxylation is 1. The molecule has 16 heteroatoms. The predicted octanol–water partition coefficient (Wildman–Crippen LogP) is 3.83. The van der Waals surface area contributed by atoms with Crippen molar-refractivity contribution in [3.05, 3.63) is 46.4 Å². The van der Waals surface area contributed by atoms with E-state index in [9.17, 15) is 26.3 Å². The largest absolute Gasteiger partial charge is 0.490 e. The van der Waals surface area contributed by atoms with E-state index in [1.165, 1.54) is 9.75 Å². The number of pyridine rings is 1. The molecule has 2 saturated heterocycles. The Morgan fingerprint density at radius 3 is 2.18 bits per heavy atom. The van der Waals surface area contributed by atoms with Crippen LogP contribution in [0.4, 0.5) is 32.0 Å².